The van der Waals surface area contributed by atoms with Crippen molar-refractivity contribution in [2.45, 2.75) is 6.92 Å². The highest BCUT2D eigenvalue weighted by molar-refractivity contribution is 6.24. The van der Waals surface area contributed by atoms with Crippen LogP contribution in [0.15, 0.2) is 65.4 Å². The van der Waals surface area contributed by atoms with Gasteiger partial charge < -0.3 is 9.47 Å². The first kappa shape index (κ1) is 19.8. The number of nitro benzene ring substituents is 1. The number of allylic oxidation sites excluding steroid dienone is 1. The summed E-state index contributed by atoms with van der Waals surface area (Å²) in [6.07, 6.45) is 1.35. The van der Waals surface area contributed by atoms with Crippen molar-refractivity contribution in [2.24, 2.45) is 0 Å². The average molecular weight is 394 g/mol. The van der Waals surface area contributed by atoms with E-state index in [2.05, 4.69) is 0 Å². The topological polar surface area (TPSA) is 99.0 Å². The lowest BCUT2D eigenvalue weighted by molar-refractivity contribution is -0.385. The average Bonchev–Trinajstić information content (AvgIpc) is 2.97. The number of amides is 1. The van der Waals surface area contributed by atoms with Gasteiger partial charge in [-0.2, -0.15) is 0 Å². The zero-order valence-corrected chi connectivity index (χ0v) is 16.0. The standard InChI is InChI=1S/C21H18N2O6/c1-13-19(21(25)29-3)17(12-14-6-4-5-7-18(14)23(26)27)20(24)22(13)15-8-10-16(28-2)11-9-15/h4-12H,1-3H3/b17-12-. The van der Waals surface area contributed by atoms with E-state index in [-0.39, 0.29) is 22.4 Å². The number of ether oxygens (including phenoxy) is 2. The van der Waals surface area contributed by atoms with Crippen molar-refractivity contribution < 1.29 is 24.0 Å². The Bertz CT molecular complexity index is 1050. The summed E-state index contributed by atoms with van der Waals surface area (Å²) < 4.78 is 9.98. The second-order valence-corrected chi connectivity index (χ2v) is 6.16. The summed E-state index contributed by atoms with van der Waals surface area (Å²) in [4.78, 5) is 37.8. The number of carbonyl (C=O) groups excluding carboxylic acids is 2. The molecule has 2 aromatic carbocycles. The Morgan fingerprint density at radius 1 is 1.10 bits per heavy atom. The predicted octanol–water partition coefficient (Wildman–Crippen LogP) is 3.48. The van der Waals surface area contributed by atoms with Gasteiger partial charge in [-0.3, -0.25) is 19.8 Å². The molecule has 8 heteroatoms. The molecule has 0 saturated carbocycles. The van der Waals surface area contributed by atoms with Crippen LogP contribution in [-0.4, -0.2) is 31.0 Å². The van der Waals surface area contributed by atoms with Crippen LogP contribution in [0.2, 0.25) is 0 Å². The number of anilines is 1. The summed E-state index contributed by atoms with van der Waals surface area (Å²) in [5, 5.41) is 11.3. The van der Waals surface area contributed by atoms with Crippen molar-refractivity contribution in [3.63, 3.8) is 0 Å². The maximum atomic E-state index is 13.2. The summed E-state index contributed by atoms with van der Waals surface area (Å²) in [6, 6.07) is 12.7. The lowest BCUT2D eigenvalue weighted by Crippen LogP contribution is -2.24. The van der Waals surface area contributed by atoms with Crippen LogP contribution in [0.5, 0.6) is 5.75 Å². The molecule has 148 valence electrons. The van der Waals surface area contributed by atoms with Gasteiger partial charge in [0.25, 0.3) is 11.6 Å². The van der Waals surface area contributed by atoms with Crippen LogP contribution in [0.1, 0.15) is 12.5 Å². The van der Waals surface area contributed by atoms with E-state index < -0.39 is 16.8 Å². The fourth-order valence-electron chi connectivity index (χ4n) is 3.15. The first-order valence-electron chi connectivity index (χ1n) is 8.62. The maximum absolute atomic E-state index is 13.2. The molecule has 0 atom stereocenters. The number of nitro groups is 1. The fraction of sp³-hybridized carbons (Fsp3) is 0.143. The molecular weight excluding hydrogens is 376 g/mol. The lowest BCUT2D eigenvalue weighted by atomic mass is 10.0. The molecular formula is C21H18N2O6. The molecule has 8 nitrogen and oxygen atoms in total. The third-order valence-corrected chi connectivity index (χ3v) is 4.55. The Morgan fingerprint density at radius 3 is 2.34 bits per heavy atom. The number of benzene rings is 2. The van der Waals surface area contributed by atoms with Crippen LogP contribution in [0.3, 0.4) is 0 Å². The van der Waals surface area contributed by atoms with Crippen molar-refractivity contribution in [3.05, 3.63) is 81.1 Å². The minimum Gasteiger partial charge on any atom is -0.497 e. The molecule has 0 aromatic heterocycles. The lowest BCUT2D eigenvalue weighted by Gasteiger charge is -2.18. The third kappa shape index (κ3) is 3.60. The van der Waals surface area contributed by atoms with E-state index in [1.54, 1.807) is 37.3 Å². The largest absolute Gasteiger partial charge is 0.497 e. The van der Waals surface area contributed by atoms with Gasteiger partial charge in [-0.15, -0.1) is 0 Å². The van der Waals surface area contributed by atoms with Gasteiger partial charge in [-0.05, 0) is 43.3 Å². The highest BCUT2D eigenvalue weighted by Crippen LogP contribution is 2.36. The third-order valence-electron chi connectivity index (χ3n) is 4.55. The van der Waals surface area contributed by atoms with Gasteiger partial charge in [-0.1, -0.05) is 12.1 Å². The van der Waals surface area contributed by atoms with E-state index in [0.29, 0.717) is 17.1 Å². The van der Waals surface area contributed by atoms with Crippen LogP contribution >= 0.6 is 0 Å². The van der Waals surface area contributed by atoms with Crippen molar-refractivity contribution >= 4 is 29.3 Å². The molecule has 0 bridgehead atoms. The van der Waals surface area contributed by atoms with Crippen LogP contribution in [-0.2, 0) is 14.3 Å². The van der Waals surface area contributed by atoms with Crippen LogP contribution < -0.4 is 9.64 Å². The number of carbonyl (C=O) groups is 2. The highest BCUT2D eigenvalue weighted by atomic mass is 16.6. The Hall–Kier alpha value is -3.94. The SMILES string of the molecule is COC(=O)C1=C(C)N(c2ccc(OC)cc2)C(=O)/C1=C\c1ccccc1[N+](=O)[O-]. The summed E-state index contributed by atoms with van der Waals surface area (Å²) >= 11 is 0. The Labute approximate surface area is 166 Å². The summed E-state index contributed by atoms with van der Waals surface area (Å²) in [7, 11) is 2.75. The molecule has 3 rings (SSSR count). The zero-order chi connectivity index (χ0) is 21.1. The number of para-hydroxylation sites is 1. The fourth-order valence-corrected chi connectivity index (χ4v) is 3.15. The molecule has 1 amide bonds. The van der Waals surface area contributed by atoms with E-state index in [4.69, 9.17) is 9.47 Å². The van der Waals surface area contributed by atoms with E-state index in [0.717, 1.165) is 0 Å². The second kappa shape index (κ2) is 7.97. The molecule has 29 heavy (non-hydrogen) atoms. The van der Waals surface area contributed by atoms with Crippen molar-refractivity contribution in [2.75, 3.05) is 19.1 Å². The first-order chi connectivity index (χ1) is 13.9. The zero-order valence-electron chi connectivity index (χ0n) is 16.0. The normalized spacial score (nSPS) is 15.1. The molecule has 1 aliphatic rings. The van der Waals surface area contributed by atoms with Crippen molar-refractivity contribution in [1.82, 2.24) is 0 Å². The molecule has 0 spiro atoms. The molecule has 0 N–H and O–H groups in total. The number of nitrogens with zero attached hydrogens (tertiary/aromatic N) is 2. The van der Waals surface area contributed by atoms with E-state index in [1.165, 1.54) is 43.4 Å². The number of hydrogen-bond donors (Lipinski definition) is 0. The first-order valence-corrected chi connectivity index (χ1v) is 8.62. The van der Waals surface area contributed by atoms with Crippen LogP contribution in [0.4, 0.5) is 11.4 Å². The van der Waals surface area contributed by atoms with E-state index in [9.17, 15) is 19.7 Å². The summed E-state index contributed by atoms with van der Waals surface area (Å²) in [5.41, 5.74) is 1.03. The highest BCUT2D eigenvalue weighted by Gasteiger charge is 2.38. The van der Waals surface area contributed by atoms with Gasteiger partial charge in [0.1, 0.15) is 5.75 Å². The smallest absolute Gasteiger partial charge is 0.340 e. The quantitative estimate of drug-likeness (QED) is 0.333. The van der Waals surface area contributed by atoms with Crippen molar-refractivity contribution in [1.29, 1.82) is 0 Å². The molecule has 0 unspecified atom stereocenters. The second-order valence-electron chi connectivity index (χ2n) is 6.16. The Balaban J connectivity index is 2.16. The van der Waals surface area contributed by atoms with E-state index >= 15 is 0 Å². The van der Waals surface area contributed by atoms with E-state index in [1.807, 2.05) is 0 Å². The van der Waals surface area contributed by atoms with Gasteiger partial charge in [0.05, 0.1) is 35.9 Å². The van der Waals surface area contributed by atoms with Crippen molar-refractivity contribution in [3.8, 4) is 5.75 Å². The van der Waals surface area contributed by atoms with Crippen LogP contribution in [0.25, 0.3) is 6.08 Å². The minimum absolute atomic E-state index is 0.0273. The molecule has 2 aromatic rings. The van der Waals surface area contributed by atoms with Gasteiger partial charge in [0.15, 0.2) is 0 Å². The number of esters is 1. The summed E-state index contributed by atoms with van der Waals surface area (Å²) in [6.45, 7) is 1.62. The molecule has 0 radical (unpaired) electrons. The maximum Gasteiger partial charge on any atom is 0.340 e. The Kier molecular flexibility index (Phi) is 5.45. The molecule has 0 fully saturated rings. The molecule has 0 saturated heterocycles. The Morgan fingerprint density at radius 2 is 1.76 bits per heavy atom. The molecule has 0 aliphatic carbocycles. The molecule has 1 aliphatic heterocycles. The van der Waals surface area contributed by atoms with Gasteiger partial charge in [0.2, 0.25) is 0 Å². The number of methoxy groups -OCH3 is 2. The van der Waals surface area contributed by atoms with Gasteiger partial charge >= 0.3 is 5.97 Å². The molecule has 1 heterocycles. The monoisotopic (exact) mass is 394 g/mol. The predicted molar refractivity (Wildman–Crippen MR) is 106 cm³/mol. The number of rotatable bonds is 5. The van der Waals surface area contributed by atoms with Gasteiger partial charge in [0, 0.05) is 17.5 Å². The summed E-state index contributed by atoms with van der Waals surface area (Å²) in [5.74, 6) is -0.561. The minimum atomic E-state index is -0.698. The van der Waals surface area contributed by atoms with Crippen LogP contribution in [0, 0.1) is 10.1 Å². The van der Waals surface area contributed by atoms with Gasteiger partial charge in [-0.25, -0.2) is 4.79 Å². The number of hydrogen-bond acceptors (Lipinski definition) is 6.